The molecule has 0 radical (unpaired) electrons. The van der Waals surface area contributed by atoms with E-state index >= 15 is 0 Å². The topological polar surface area (TPSA) is 65.8 Å². The van der Waals surface area contributed by atoms with Crippen LogP contribution in [0.3, 0.4) is 0 Å². The first-order chi connectivity index (χ1) is 9.95. The second-order valence-corrected chi connectivity index (χ2v) is 7.99. The summed E-state index contributed by atoms with van der Waals surface area (Å²) in [6.07, 6.45) is 2.41. The second kappa shape index (κ2) is 7.23. The lowest BCUT2D eigenvalue weighted by Crippen LogP contribution is -2.35. The maximum Gasteiger partial charge on any atom is 0.247 e. The lowest BCUT2D eigenvalue weighted by molar-refractivity contribution is 0.310. The Morgan fingerprint density at radius 2 is 2.10 bits per heavy atom. The highest BCUT2D eigenvalue weighted by Crippen LogP contribution is 2.28. The lowest BCUT2D eigenvalue weighted by Gasteiger charge is -2.20. The number of hydrogen-bond acceptors (Lipinski definition) is 5. The molecule has 0 bridgehead atoms. The number of halogens is 1. The van der Waals surface area contributed by atoms with Crippen molar-refractivity contribution >= 4 is 26.0 Å². The van der Waals surface area contributed by atoms with Gasteiger partial charge in [-0.3, -0.25) is 0 Å². The molecule has 1 aliphatic rings. The Bertz CT molecular complexity index is 567. The smallest absolute Gasteiger partial charge is 0.247 e. The normalized spacial score (nSPS) is 17.0. The first kappa shape index (κ1) is 17.0. The van der Waals surface area contributed by atoms with Gasteiger partial charge in [-0.25, -0.2) is 8.42 Å². The maximum absolute atomic E-state index is 12.6. The minimum Gasteiger partial charge on any atom is -0.452 e. The molecule has 2 heterocycles. The van der Waals surface area contributed by atoms with Gasteiger partial charge in [-0.15, -0.1) is 0 Å². The summed E-state index contributed by atoms with van der Waals surface area (Å²) < 4.78 is 32.2. The van der Waals surface area contributed by atoms with Crippen molar-refractivity contribution < 1.29 is 12.8 Å². The molecule has 8 heteroatoms. The van der Waals surface area contributed by atoms with Crippen LogP contribution in [0.15, 0.2) is 20.0 Å². The summed E-state index contributed by atoms with van der Waals surface area (Å²) in [7, 11) is -0.122. The van der Waals surface area contributed by atoms with Gasteiger partial charge in [0.2, 0.25) is 10.0 Å². The van der Waals surface area contributed by atoms with Crippen LogP contribution in [0.1, 0.15) is 18.6 Å². The predicted molar refractivity (Wildman–Crippen MR) is 84.7 cm³/mol. The molecule has 1 N–H and O–H groups in total. The van der Waals surface area contributed by atoms with Gasteiger partial charge in [0.05, 0.1) is 6.54 Å². The van der Waals surface area contributed by atoms with Crippen molar-refractivity contribution in [3.63, 3.8) is 0 Å². The van der Waals surface area contributed by atoms with E-state index in [1.807, 2.05) is 0 Å². The van der Waals surface area contributed by atoms with E-state index in [0.717, 1.165) is 19.6 Å². The van der Waals surface area contributed by atoms with E-state index in [0.29, 0.717) is 18.8 Å². The van der Waals surface area contributed by atoms with Gasteiger partial charge in [0.1, 0.15) is 10.7 Å². The van der Waals surface area contributed by atoms with E-state index in [4.69, 9.17) is 4.42 Å². The van der Waals surface area contributed by atoms with Crippen molar-refractivity contribution in [2.45, 2.75) is 24.3 Å². The maximum atomic E-state index is 12.6. The van der Waals surface area contributed by atoms with Crippen LogP contribution in [0.5, 0.6) is 0 Å². The van der Waals surface area contributed by atoms with Crippen molar-refractivity contribution in [1.82, 2.24) is 14.5 Å². The highest BCUT2D eigenvalue weighted by molar-refractivity contribution is 9.10. The summed E-state index contributed by atoms with van der Waals surface area (Å²) in [6.45, 7) is 3.88. The van der Waals surface area contributed by atoms with E-state index in [9.17, 15) is 8.42 Å². The first-order valence-corrected chi connectivity index (χ1v) is 9.30. The van der Waals surface area contributed by atoms with E-state index in [2.05, 4.69) is 26.1 Å². The van der Waals surface area contributed by atoms with Crippen molar-refractivity contribution in [2.24, 2.45) is 0 Å². The molecule has 21 heavy (non-hydrogen) atoms. The van der Waals surface area contributed by atoms with E-state index in [1.165, 1.54) is 17.1 Å². The molecule has 6 nitrogen and oxygen atoms in total. The van der Waals surface area contributed by atoms with Crippen molar-refractivity contribution in [3.8, 4) is 0 Å². The predicted octanol–water partition coefficient (Wildman–Crippen LogP) is 1.48. The number of furan rings is 1. The third-order valence-electron chi connectivity index (χ3n) is 3.68. The molecule has 1 aromatic rings. The van der Waals surface area contributed by atoms with Crippen LogP contribution in [0, 0.1) is 0 Å². The molecule has 0 aliphatic carbocycles. The molecule has 0 amide bonds. The molecule has 1 saturated heterocycles. The molecular formula is C13H22BrN3O3S. The summed E-state index contributed by atoms with van der Waals surface area (Å²) in [5.41, 5.74) is 0. The Kier molecular flexibility index (Phi) is 5.84. The summed E-state index contributed by atoms with van der Waals surface area (Å²) in [4.78, 5) is 2.49. The SMILES string of the molecule is CNCc1cc(S(=O)(=O)N(C)CCN2CCCC2)c(Br)o1. The number of rotatable bonds is 7. The fourth-order valence-corrected chi connectivity index (χ4v) is 4.53. The Balaban J connectivity index is 2.05. The van der Waals surface area contributed by atoms with Crippen LogP contribution in [0.4, 0.5) is 0 Å². The quantitative estimate of drug-likeness (QED) is 0.776. The summed E-state index contributed by atoms with van der Waals surface area (Å²) in [5, 5.41) is 2.94. The number of nitrogens with zero attached hydrogens (tertiary/aromatic N) is 2. The molecule has 0 spiro atoms. The molecule has 0 atom stereocenters. The highest BCUT2D eigenvalue weighted by atomic mass is 79.9. The number of sulfonamides is 1. The third kappa shape index (κ3) is 4.07. The minimum absolute atomic E-state index is 0.191. The Morgan fingerprint density at radius 3 is 2.71 bits per heavy atom. The molecular weight excluding hydrogens is 358 g/mol. The van der Waals surface area contributed by atoms with Crippen LogP contribution in [-0.2, 0) is 16.6 Å². The molecule has 1 fully saturated rings. The number of hydrogen-bond donors (Lipinski definition) is 1. The van der Waals surface area contributed by atoms with E-state index in [1.54, 1.807) is 20.2 Å². The zero-order chi connectivity index (χ0) is 15.5. The van der Waals surface area contributed by atoms with Gasteiger partial charge in [0, 0.05) is 26.2 Å². The molecule has 0 unspecified atom stereocenters. The van der Waals surface area contributed by atoms with Crippen LogP contribution >= 0.6 is 15.9 Å². The molecule has 1 aliphatic heterocycles. The minimum atomic E-state index is -3.52. The Hall–Kier alpha value is -0.410. The van der Waals surface area contributed by atoms with Gasteiger partial charge in [0.15, 0.2) is 4.67 Å². The van der Waals surface area contributed by atoms with Gasteiger partial charge < -0.3 is 14.6 Å². The lowest BCUT2D eigenvalue weighted by atomic mass is 10.4. The number of nitrogens with one attached hydrogen (secondary N) is 1. The van der Waals surface area contributed by atoms with Crippen molar-refractivity contribution in [3.05, 3.63) is 16.5 Å². The van der Waals surface area contributed by atoms with Crippen molar-refractivity contribution in [1.29, 1.82) is 0 Å². The molecule has 0 saturated carbocycles. The van der Waals surface area contributed by atoms with Crippen LogP contribution in [-0.4, -0.2) is 57.9 Å². The summed E-state index contributed by atoms with van der Waals surface area (Å²) in [5.74, 6) is 0.593. The zero-order valence-electron chi connectivity index (χ0n) is 12.4. The second-order valence-electron chi connectivity index (χ2n) is 5.26. The van der Waals surface area contributed by atoms with Gasteiger partial charge in [-0.2, -0.15) is 4.31 Å². The van der Waals surface area contributed by atoms with Gasteiger partial charge in [0.25, 0.3) is 0 Å². The standard InChI is InChI=1S/C13H22BrN3O3S/c1-15-10-11-9-12(13(14)20-11)21(18,19)16(2)7-8-17-5-3-4-6-17/h9,15H,3-8,10H2,1-2H3. The van der Waals surface area contributed by atoms with E-state index in [-0.39, 0.29) is 9.56 Å². The van der Waals surface area contributed by atoms with E-state index < -0.39 is 10.0 Å². The Labute approximate surface area is 134 Å². The average Bonchev–Trinajstić information content (AvgIpc) is 3.06. The van der Waals surface area contributed by atoms with Crippen LogP contribution in [0.2, 0.25) is 0 Å². The zero-order valence-corrected chi connectivity index (χ0v) is 14.8. The Morgan fingerprint density at radius 1 is 1.43 bits per heavy atom. The molecule has 120 valence electrons. The average molecular weight is 380 g/mol. The monoisotopic (exact) mass is 379 g/mol. The summed E-state index contributed by atoms with van der Waals surface area (Å²) in [6, 6.07) is 1.57. The number of likely N-dealkylation sites (tertiary alicyclic amines) is 1. The highest BCUT2D eigenvalue weighted by Gasteiger charge is 2.27. The van der Waals surface area contributed by atoms with Gasteiger partial charge >= 0.3 is 0 Å². The molecule has 1 aromatic heterocycles. The fourth-order valence-electron chi connectivity index (χ4n) is 2.41. The van der Waals surface area contributed by atoms with Gasteiger partial charge in [-0.05, 0) is 48.9 Å². The van der Waals surface area contributed by atoms with Crippen LogP contribution < -0.4 is 5.32 Å². The van der Waals surface area contributed by atoms with Gasteiger partial charge in [-0.1, -0.05) is 0 Å². The van der Waals surface area contributed by atoms with Crippen LogP contribution in [0.25, 0.3) is 0 Å². The first-order valence-electron chi connectivity index (χ1n) is 7.06. The number of likely N-dealkylation sites (N-methyl/N-ethyl adjacent to an activating group) is 1. The molecule has 0 aromatic carbocycles. The van der Waals surface area contributed by atoms with Crippen molar-refractivity contribution in [2.75, 3.05) is 40.3 Å². The largest absolute Gasteiger partial charge is 0.452 e. The third-order valence-corrected chi connectivity index (χ3v) is 6.39. The molecule has 2 rings (SSSR count). The fraction of sp³-hybridized carbons (Fsp3) is 0.692. The summed E-state index contributed by atoms with van der Waals surface area (Å²) >= 11 is 3.20.